The molecule has 1 aliphatic carbocycles. The van der Waals surface area contributed by atoms with Crippen LogP contribution in [0, 0.1) is 10.1 Å². The number of carbonyl (C=O) groups excluding carboxylic acids is 1. The molecule has 0 bridgehead atoms. The van der Waals surface area contributed by atoms with Crippen molar-refractivity contribution < 1.29 is 14.5 Å². The van der Waals surface area contributed by atoms with Crippen LogP contribution in [0.4, 0.5) is 11.6 Å². The first-order chi connectivity index (χ1) is 15.0. The summed E-state index contributed by atoms with van der Waals surface area (Å²) in [4.78, 5) is 28.4. The molecule has 9 nitrogen and oxygen atoms in total. The van der Waals surface area contributed by atoms with E-state index in [2.05, 4.69) is 15.4 Å². The van der Waals surface area contributed by atoms with Crippen molar-refractivity contribution in [3.8, 4) is 17.1 Å². The van der Waals surface area contributed by atoms with Crippen molar-refractivity contribution in [1.82, 2.24) is 14.8 Å². The van der Waals surface area contributed by atoms with Crippen molar-refractivity contribution in [1.29, 1.82) is 0 Å². The van der Waals surface area contributed by atoms with Gasteiger partial charge in [-0.2, -0.15) is 4.98 Å². The van der Waals surface area contributed by atoms with Gasteiger partial charge in [-0.15, -0.1) is 5.10 Å². The highest BCUT2D eigenvalue weighted by Crippen LogP contribution is 2.41. The summed E-state index contributed by atoms with van der Waals surface area (Å²) < 4.78 is 6.86. The summed E-state index contributed by atoms with van der Waals surface area (Å²) in [6.45, 7) is 0. The van der Waals surface area contributed by atoms with Crippen molar-refractivity contribution in [2.45, 2.75) is 25.3 Å². The van der Waals surface area contributed by atoms with E-state index in [1.165, 1.54) is 12.1 Å². The van der Waals surface area contributed by atoms with Crippen LogP contribution in [-0.4, -0.2) is 32.6 Å². The summed E-state index contributed by atoms with van der Waals surface area (Å²) in [5, 5.41) is 19.3. The third-order valence-corrected chi connectivity index (χ3v) is 5.61. The van der Waals surface area contributed by atoms with E-state index in [9.17, 15) is 14.9 Å². The number of hydrogen-bond donors (Lipinski definition) is 1. The number of nitrogens with one attached hydrogen (secondary N) is 1. The smallest absolute Gasteiger partial charge is 0.269 e. The minimum atomic E-state index is -0.571. The predicted molar refractivity (Wildman–Crippen MR) is 113 cm³/mol. The van der Waals surface area contributed by atoms with E-state index < -0.39 is 11.0 Å². The number of Topliss-reactive ketones (excluding diaryl/α,β-unsaturated/α-hetero) is 1. The summed E-state index contributed by atoms with van der Waals surface area (Å²) in [7, 11) is 1.60. The van der Waals surface area contributed by atoms with Crippen LogP contribution >= 0.6 is 0 Å². The van der Waals surface area contributed by atoms with E-state index in [0.717, 1.165) is 29.9 Å². The monoisotopic (exact) mass is 417 g/mol. The number of ether oxygens (including phenoxy) is 1. The zero-order chi connectivity index (χ0) is 21.5. The van der Waals surface area contributed by atoms with E-state index in [0.29, 0.717) is 29.3 Å². The fourth-order valence-corrected chi connectivity index (χ4v) is 4.14. The molecule has 5 rings (SSSR count). The second kappa shape index (κ2) is 7.35. The lowest BCUT2D eigenvalue weighted by molar-refractivity contribution is -0.384. The number of nitro benzene ring substituents is 1. The molecular weight excluding hydrogens is 398 g/mol. The molecule has 31 heavy (non-hydrogen) atoms. The molecule has 1 aromatic heterocycles. The van der Waals surface area contributed by atoms with E-state index in [1.54, 1.807) is 23.9 Å². The number of methoxy groups -OCH3 is 1. The molecule has 3 aromatic rings. The maximum atomic E-state index is 12.9. The van der Waals surface area contributed by atoms with Crippen molar-refractivity contribution >= 4 is 17.4 Å². The number of fused-ring (bicyclic) bond motifs is 1. The molecule has 9 heteroatoms. The highest BCUT2D eigenvalue weighted by Gasteiger charge is 2.37. The molecule has 156 valence electrons. The van der Waals surface area contributed by atoms with Gasteiger partial charge < -0.3 is 10.1 Å². The third kappa shape index (κ3) is 3.24. The van der Waals surface area contributed by atoms with E-state index >= 15 is 0 Å². The second-order valence-corrected chi connectivity index (χ2v) is 7.48. The van der Waals surface area contributed by atoms with Gasteiger partial charge in [0.15, 0.2) is 11.6 Å². The molecule has 0 saturated carbocycles. The first kappa shape index (κ1) is 19.0. The van der Waals surface area contributed by atoms with Gasteiger partial charge in [-0.3, -0.25) is 14.9 Å². The Labute approximate surface area is 177 Å². The fourth-order valence-electron chi connectivity index (χ4n) is 4.14. The van der Waals surface area contributed by atoms with Gasteiger partial charge in [0, 0.05) is 35.4 Å². The maximum Gasteiger partial charge on any atom is 0.269 e. The van der Waals surface area contributed by atoms with Gasteiger partial charge in [-0.25, -0.2) is 4.68 Å². The number of benzene rings is 2. The average Bonchev–Trinajstić information content (AvgIpc) is 3.21. The molecule has 0 radical (unpaired) electrons. The molecule has 0 fully saturated rings. The number of nitrogens with zero attached hydrogens (tertiary/aromatic N) is 4. The molecule has 0 amide bonds. The van der Waals surface area contributed by atoms with Gasteiger partial charge in [0.05, 0.1) is 12.0 Å². The third-order valence-electron chi connectivity index (χ3n) is 5.61. The fraction of sp³-hybridized carbons (Fsp3) is 0.227. The Hall–Kier alpha value is -4.01. The lowest BCUT2D eigenvalue weighted by Gasteiger charge is -2.32. The van der Waals surface area contributed by atoms with Crippen molar-refractivity contribution in [3.63, 3.8) is 0 Å². The van der Waals surface area contributed by atoms with Gasteiger partial charge in [-0.05, 0) is 42.7 Å². The highest BCUT2D eigenvalue weighted by atomic mass is 16.6. The van der Waals surface area contributed by atoms with Gasteiger partial charge in [-0.1, -0.05) is 12.1 Å². The van der Waals surface area contributed by atoms with Crippen LogP contribution < -0.4 is 10.1 Å². The summed E-state index contributed by atoms with van der Waals surface area (Å²) in [5.41, 5.74) is 2.82. The minimum Gasteiger partial charge on any atom is -0.497 e. The number of anilines is 1. The lowest BCUT2D eigenvalue weighted by atomic mass is 9.85. The Balaban J connectivity index is 1.65. The zero-order valence-electron chi connectivity index (χ0n) is 16.7. The van der Waals surface area contributed by atoms with Crippen LogP contribution in [0.2, 0.25) is 0 Å². The summed E-state index contributed by atoms with van der Waals surface area (Å²) in [6, 6.07) is 13.2. The molecule has 0 saturated heterocycles. The van der Waals surface area contributed by atoms with Crippen LogP contribution in [0.5, 0.6) is 5.75 Å². The molecule has 1 N–H and O–H groups in total. The Morgan fingerprint density at radius 1 is 1.19 bits per heavy atom. The SMILES string of the molecule is COc1ccc(-c2nc3n(n2)C(c2cccc([N+](=O)[O-])c2)C2=C(CCCC2=O)N3)cc1. The standard InChI is InChI=1S/C22H19N5O4/c1-31-16-10-8-13(9-11-16)21-24-22-23-17-6-3-7-18(28)19(17)20(26(22)25-21)14-4-2-5-15(12-14)27(29)30/h2,4-5,8-12,20H,3,6-7H2,1H3,(H,23,24,25). The summed E-state index contributed by atoms with van der Waals surface area (Å²) in [6.07, 6.45) is 1.92. The van der Waals surface area contributed by atoms with E-state index in [4.69, 9.17) is 4.74 Å². The first-order valence-electron chi connectivity index (χ1n) is 9.94. The van der Waals surface area contributed by atoms with E-state index in [-0.39, 0.29) is 11.5 Å². The Morgan fingerprint density at radius 2 is 2.00 bits per heavy atom. The van der Waals surface area contributed by atoms with Crippen molar-refractivity contribution in [3.05, 3.63) is 75.5 Å². The Bertz CT molecular complexity index is 1230. The normalized spacial score (nSPS) is 17.6. The number of non-ortho nitro benzene ring substituents is 1. The molecule has 2 aromatic carbocycles. The number of nitro groups is 1. The maximum absolute atomic E-state index is 12.9. The van der Waals surface area contributed by atoms with Crippen LogP contribution in [0.25, 0.3) is 11.4 Å². The molecule has 2 aliphatic rings. The molecule has 1 aliphatic heterocycles. The van der Waals surface area contributed by atoms with Gasteiger partial charge in [0.1, 0.15) is 11.8 Å². The second-order valence-electron chi connectivity index (χ2n) is 7.48. The highest BCUT2D eigenvalue weighted by molar-refractivity contribution is 5.99. The van der Waals surface area contributed by atoms with Gasteiger partial charge in [0.2, 0.25) is 5.95 Å². The molecule has 2 heterocycles. The number of ketones is 1. The van der Waals surface area contributed by atoms with Gasteiger partial charge in [0.25, 0.3) is 5.69 Å². The van der Waals surface area contributed by atoms with Crippen LogP contribution in [0.3, 0.4) is 0 Å². The number of aromatic nitrogens is 3. The quantitative estimate of drug-likeness (QED) is 0.506. The minimum absolute atomic E-state index is 0.0254. The Morgan fingerprint density at radius 3 is 2.74 bits per heavy atom. The lowest BCUT2D eigenvalue weighted by Crippen LogP contribution is -2.31. The number of rotatable bonds is 4. The van der Waals surface area contributed by atoms with Crippen molar-refractivity contribution in [2.24, 2.45) is 0 Å². The summed E-state index contributed by atoms with van der Waals surface area (Å²) in [5.74, 6) is 1.75. The average molecular weight is 417 g/mol. The molecule has 1 atom stereocenters. The van der Waals surface area contributed by atoms with Gasteiger partial charge >= 0.3 is 0 Å². The van der Waals surface area contributed by atoms with E-state index in [1.807, 2.05) is 24.3 Å². The number of allylic oxidation sites excluding steroid dienone is 2. The van der Waals surface area contributed by atoms with Crippen molar-refractivity contribution in [2.75, 3.05) is 12.4 Å². The van der Waals surface area contributed by atoms with Crippen LogP contribution in [-0.2, 0) is 4.79 Å². The van der Waals surface area contributed by atoms with Crippen LogP contribution in [0.15, 0.2) is 59.8 Å². The molecular formula is C22H19N5O4. The summed E-state index contributed by atoms with van der Waals surface area (Å²) >= 11 is 0. The zero-order valence-corrected chi connectivity index (χ0v) is 16.7. The molecule has 1 unspecified atom stereocenters. The van der Waals surface area contributed by atoms with Crippen LogP contribution in [0.1, 0.15) is 30.9 Å². The topological polar surface area (TPSA) is 112 Å². The number of hydrogen-bond acceptors (Lipinski definition) is 7. The largest absolute Gasteiger partial charge is 0.497 e. The number of carbonyl (C=O) groups is 1. The first-order valence-corrected chi connectivity index (χ1v) is 9.94. The predicted octanol–water partition coefficient (Wildman–Crippen LogP) is 3.88. The Kier molecular flexibility index (Phi) is 4.50. The molecule has 0 spiro atoms.